The fraction of sp³-hybridized carbons (Fsp3) is 0.143. The molecule has 0 aliphatic carbocycles. The second kappa shape index (κ2) is 5.39. The minimum atomic E-state index is -0.222. The van der Waals surface area contributed by atoms with Crippen LogP contribution in [0.4, 0.5) is 0 Å². The topological polar surface area (TPSA) is 78.0 Å². The summed E-state index contributed by atoms with van der Waals surface area (Å²) in [7, 11) is 0. The number of allylic oxidation sites excluding steroid dienone is 1. The normalized spacial score (nSPS) is 11.5. The molecule has 5 nitrogen and oxygen atoms in total. The maximum atomic E-state index is 11.9. The first-order chi connectivity index (χ1) is 9.06. The minimum Gasteiger partial charge on any atom is -0.513 e. The van der Waals surface area contributed by atoms with Gasteiger partial charge in [-0.1, -0.05) is 6.58 Å². The molecule has 1 amide bonds. The number of hydrogen-bond donors (Lipinski definition) is 3. The summed E-state index contributed by atoms with van der Waals surface area (Å²) >= 11 is 0. The zero-order valence-electron chi connectivity index (χ0n) is 10.6. The van der Waals surface area contributed by atoms with Gasteiger partial charge in [0.15, 0.2) is 0 Å². The number of carbonyl (C=O) groups excluding carboxylic acids is 1. The van der Waals surface area contributed by atoms with Crippen molar-refractivity contribution in [1.82, 2.24) is 15.3 Å². The molecule has 0 saturated carbocycles. The van der Waals surface area contributed by atoms with Gasteiger partial charge in [0.05, 0.1) is 11.3 Å². The lowest BCUT2D eigenvalue weighted by molar-refractivity contribution is 0.0957. The van der Waals surface area contributed by atoms with Crippen LogP contribution < -0.4 is 5.32 Å². The molecule has 0 saturated heterocycles. The highest BCUT2D eigenvalue weighted by Crippen LogP contribution is 2.11. The molecule has 2 aromatic heterocycles. The van der Waals surface area contributed by atoms with Crippen molar-refractivity contribution in [2.24, 2.45) is 0 Å². The van der Waals surface area contributed by atoms with Gasteiger partial charge in [-0.05, 0) is 30.7 Å². The van der Waals surface area contributed by atoms with Crippen LogP contribution in [0.1, 0.15) is 17.3 Å². The maximum Gasteiger partial charge on any atom is 0.253 e. The molecule has 2 aromatic rings. The Morgan fingerprint density at radius 2 is 2.42 bits per heavy atom. The molecule has 0 atom stereocenters. The Kier molecular flexibility index (Phi) is 3.66. The number of aromatic nitrogens is 2. The van der Waals surface area contributed by atoms with Crippen molar-refractivity contribution in [1.29, 1.82) is 0 Å². The third-order valence-corrected chi connectivity index (χ3v) is 2.55. The zero-order chi connectivity index (χ0) is 13.8. The van der Waals surface area contributed by atoms with Crippen molar-refractivity contribution in [2.75, 3.05) is 6.54 Å². The van der Waals surface area contributed by atoms with Gasteiger partial charge >= 0.3 is 0 Å². The Morgan fingerprint density at radius 1 is 1.63 bits per heavy atom. The molecule has 2 rings (SSSR count). The van der Waals surface area contributed by atoms with Crippen molar-refractivity contribution < 1.29 is 9.90 Å². The standard InChI is InChI=1S/C14H15N3O2/c1-9(5-10(2)18)7-17-14(19)12-6-11-3-4-15-13(11)16-8-12/h3-6,8,18H,1,7H2,2H3,(H,15,16)(H,17,19)/b10-5+. The van der Waals surface area contributed by atoms with Gasteiger partial charge in [-0.15, -0.1) is 0 Å². The molecular formula is C14H15N3O2. The monoisotopic (exact) mass is 257 g/mol. The van der Waals surface area contributed by atoms with E-state index < -0.39 is 0 Å². The van der Waals surface area contributed by atoms with Crippen LogP contribution in [0.15, 0.2) is 48.5 Å². The summed E-state index contributed by atoms with van der Waals surface area (Å²) in [5.74, 6) is -0.0598. The molecule has 0 fully saturated rings. The molecule has 0 bridgehead atoms. The predicted octanol–water partition coefficient (Wildman–Crippen LogP) is 2.31. The van der Waals surface area contributed by atoms with Crippen LogP contribution in [0.3, 0.4) is 0 Å². The van der Waals surface area contributed by atoms with Gasteiger partial charge in [0.2, 0.25) is 0 Å². The number of pyridine rings is 1. The van der Waals surface area contributed by atoms with Crippen molar-refractivity contribution in [3.63, 3.8) is 0 Å². The van der Waals surface area contributed by atoms with Crippen molar-refractivity contribution in [2.45, 2.75) is 6.92 Å². The molecule has 0 radical (unpaired) electrons. The van der Waals surface area contributed by atoms with E-state index in [2.05, 4.69) is 21.9 Å². The number of carbonyl (C=O) groups is 1. The molecule has 0 aliphatic rings. The van der Waals surface area contributed by atoms with Crippen LogP contribution in [0, 0.1) is 0 Å². The highest BCUT2D eigenvalue weighted by molar-refractivity contribution is 5.97. The first-order valence-corrected chi connectivity index (χ1v) is 5.82. The summed E-state index contributed by atoms with van der Waals surface area (Å²) in [6, 6.07) is 3.62. The second-order valence-corrected chi connectivity index (χ2v) is 4.27. The van der Waals surface area contributed by atoms with E-state index in [0.717, 1.165) is 11.0 Å². The maximum absolute atomic E-state index is 11.9. The largest absolute Gasteiger partial charge is 0.513 e. The fourth-order valence-corrected chi connectivity index (χ4v) is 1.71. The number of amides is 1. The molecule has 19 heavy (non-hydrogen) atoms. The van der Waals surface area contributed by atoms with Gasteiger partial charge in [0, 0.05) is 24.3 Å². The van der Waals surface area contributed by atoms with Gasteiger partial charge in [-0.3, -0.25) is 4.79 Å². The van der Waals surface area contributed by atoms with E-state index in [1.165, 1.54) is 12.3 Å². The first kappa shape index (κ1) is 12.9. The number of aromatic amines is 1. The molecule has 0 unspecified atom stereocenters. The SMILES string of the molecule is C=C(/C=C(\C)O)CNC(=O)c1cnc2[nH]ccc2c1. The molecule has 2 heterocycles. The third kappa shape index (κ3) is 3.22. The van der Waals surface area contributed by atoms with E-state index in [1.807, 2.05) is 6.07 Å². The number of fused-ring (bicyclic) bond motifs is 1. The van der Waals surface area contributed by atoms with Crippen LogP contribution in [0.2, 0.25) is 0 Å². The van der Waals surface area contributed by atoms with Gasteiger partial charge in [0.1, 0.15) is 5.65 Å². The zero-order valence-corrected chi connectivity index (χ0v) is 10.6. The van der Waals surface area contributed by atoms with Gasteiger partial charge in [-0.25, -0.2) is 4.98 Å². The molecule has 0 aromatic carbocycles. The number of rotatable bonds is 4. The van der Waals surface area contributed by atoms with Crippen molar-refractivity contribution in [3.05, 3.63) is 54.1 Å². The van der Waals surface area contributed by atoms with Crippen LogP contribution in [-0.2, 0) is 0 Å². The summed E-state index contributed by atoms with van der Waals surface area (Å²) in [6.07, 6.45) is 4.80. The van der Waals surface area contributed by atoms with Crippen LogP contribution in [-0.4, -0.2) is 27.5 Å². The van der Waals surface area contributed by atoms with Crippen molar-refractivity contribution in [3.8, 4) is 0 Å². The lowest BCUT2D eigenvalue weighted by Gasteiger charge is -2.05. The molecule has 5 heteroatoms. The van der Waals surface area contributed by atoms with Gasteiger partial charge in [0.25, 0.3) is 5.91 Å². The van der Waals surface area contributed by atoms with Crippen LogP contribution in [0.5, 0.6) is 0 Å². The number of aliphatic hydroxyl groups excluding tert-OH is 1. The number of H-pyrrole nitrogens is 1. The summed E-state index contributed by atoms with van der Waals surface area (Å²) < 4.78 is 0. The summed E-state index contributed by atoms with van der Waals surface area (Å²) in [5.41, 5.74) is 1.87. The van der Waals surface area contributed by atoms with Gasteiger partial charge in [-0.2, -0.15) is 0 Å². The Bertz CT molecular complexity index is 652. The van der Waals surface area contributed by atoms with E-state index in [9.17, 15) is 4.79 Å². The quantitative estimate of drug-likeness (QED) is 0.581. The highest BCUT2D eigenvalue weighted by Gasteiger charge is 2.07. The van der Waals surface area contributed by atoms with Crippen LogP contribution >= 0.6 is 0 Å². The second-order valence-electron chi connectivity index (χ2n) is 4.27. The van der Waals surface area contributed by atoms with E-state index in [4.69, 9.17) is 5.11 Å². The summed E-state index contributed by atoms with van der Waals surface area (Å²) in [6.45, 7) is 5.56. The molecule has 3 N–H and O–H groups in total. The minimum absolute atomic E-state index is 0.162. The average molecular weight is 257 g/mol. The lowest BCUT2D eigenvalue weighted by Crippen LogP contribution is -2.25. The number of aliphatic hydroxyl groups is 1. The lowest BCUT2D eigenvalue weighted by atomic mass is 10.2. The third-order valence-electron chi connectivity index (χ3n) is 2.55. The molecule has 0 spiro atoms. The van der Waals surface area contributed by atoms with E-state index in [0.29, 0.717) is 11.1 Å². The average Bonchev–Trinajstić information content (AvgIpc) is 2.82. The number of nitrogens with one attached hydrogen (secondary N) is 2. The van der Waals surface area contributed by atoms with E-state index >= 15 is 0 Å². The Hall–Kier alpha value is -2.56. The Labute approximate surface area is 110 Å². The summed E-state index contributed by atoms with van der Waals surface area (Å²) in [4.78, 5) is 19.0. The predicted molar refractivity (Wildman–Crippen MR) is 74.0 cm³/mol. The summed E-state index contributed by atoms with van der Waals surface area (Å²) in [5, 5.41) is 12.7. The molecular weight excluding hydrogens is 242 g/mol. The first-order valence-electron chi connectivity index (χ1n) is 5.82. The fourth-order valence-electron chi connectivity index (χ4n) is 1.71. The molecule has 0 aliphatic heterocycles. The van der Waals surface area contributed by atoms with Crippen molar-refractivity contribution >= 4 is 16.9 Å². The molecule has 98 valence electrons. The Balaban J connectivity index is 2.03. The number of hydrogen-bond acceptors (Lipinski definition) is 3. The number of nitrogens with zero attached hydrogens (tertiary/aromatic N) is 1. The van der Waals surface area contributed by atoms with Crippen LogP contribution in [0.25, 0.3) is 11.0 Å². The smallest absolute Gasteiger partial charge is 0.253 e. The van der Waals surface area contributed by atoms with E-state index in [1.54, 1.807) is 19.2 Å². The van der Waals surface area contributed by atoms with E-state index in [-0.39, 0.29) is 18.2 Å². The van der Waals surface area contributed by atoms with Gasteiger partial charge < -0.3 is 15.4 Å². The Morgan fingerprint density at radius 3 is 3.16 bits per heavy atom. The highest BCUT2D eigenvalue weighted by atomic mass is 16.3.